The number of pyridine rings is 1. The van der Waals surface area contributed by atoms with Gasteiger partial charge in [-0.3, -0.25) is 4.79 Å². The van der Waals surface area contributed by atoms with Gasteiger partial charge in [0, 0.05) is 0 Å². The molecule has 0 saturated heterocycles. The van der Waals surface area contributed by atoms with Crippen molar-refractivity contribution in [1.29, 1.82) is 5.26 Å². The molecule has 13 heavy (non-hydrogen) atoms. The molecule has 0 aromatic carbocycles. The van der Waals surface area contributed by atoms with Gasteiger partial charge in [0.2, 0.25) is 0 Å². The summed E-state index contributed by atoms with van der Waals surface area (Å²) in [4.78, 5) is 14.3. The van der Waals surface area contributed by atoms with E-state index in [1.165, 1.54) is 18.3 Å². The van der Waals surface area contributed by atoms with Crippen molar-refractivity contribution >= 4 is 5.91 Å². The van der Waals surface area contributed by atoms with Crippen LogP contribution in [0.25, 0.3) is 0 Å². The molecule has 0 aliphatic carbocycles. The van der Waals surface area contributed by atoms with Crippen LogP contribution in [-0.4, -0.2) is 17.5 Å². The highest BCUT2D eigenvalue weighted by molar-refractivity contribution is 5.90. The molecule has 1 heterocycles. The molecule has 0 radical (unpaired) electrons. The molecule has 1 rings (SSSR count). The van der Waals surface area contributed by atoms with Gasteiger partial charge in [-0.2, -0.15) is 5.26 Å². The monoisotopic (exact) mass is 177 g/mol. The highest BCUT2D eigenvalue weighted by atomic mass is 16.5. The number of aromatic nitrogens is 1. The number of carbonyl (C=O) groups excluding carboxylic acids is 1. The summed E-state index contributed by atoms with van der Waals surface area (Å²) < 4.78 is 4.91. The zero-order valence-corrected chi connectivity index (χ0v) is 6.73. The Morgan fingerprint density at radius 2 is 2.46 bits per heavy atom. The lowest BCUT2D eigenvalue weighted by Gasteiger charge is -2.00. The number of rotatable bonds is 3. The van der Waals surface area contributed by atoms with Gasteiger partial charge in [0.25, 0.3) is 5.91 Å². The molecule has 2 N–H and O–H groups in total. The molecule has 0 atom stereocenters. The number of nitrogens with zero attached hydrogens (tertiary/aromatic N) is 2. The molecular weight excluding hydrogens is 170 g/mol. The summed E-state index contributed by atoms with van der Waals surface area (Å²) in [7, 11) is 0. The molecule has 1 aromatic rings. The molecule has 0 bridgehead atoms. The minimum absolute atomic E-state index is 0.0440. The molecule has 0 fully saturated rings. The van der Waals surface area contributed by atoms with E-state index >= 15 is 0 Å². The Morgan fingerprint density at radius 3 is 2.92 bits per heavy atom. The molecule has 0 unspecified atom stereocenters. The summed E-state index contributed by atoms with van der Waals surface area (Å²) >= 11 is 0. The van der Waals surface area contributed by atoms with E-state index in [0.717, 1.165) is 0 Å². The van der Waals surface area contributed by atoms with E-state index in [4.69, 9.17) is 15.7 Å². The average Bonchev–Trinajstić information content (AvgIpc) is 2.15. The number of carbonyl (C=O) groups is 1. The maximum Gasteiger partial charge on any atom is 0.267 e. The van der Waals surface area contributed by atoms with Crippen LogP contribution in [0.4, 0.5) is 0 Å². The molecule has 1 amide bonds. The first-order chi connectivity index (χ1) is 6.24. The predicted octanol–water partition coefficient (Wildman–Crippen LogP) is 0.0829. The van der Waals surface area contributed by atoms with Crippen LogP contribution < -0.4 is 10.5 Å². The standard InChI is InChI=1S/C8H7N3O2/c9-3-4-13-6-1-2-7(8(10)12)11-5-6/h1-2,5H,4H2,(H2,10,12). The fraction of sp³-hybridized carbons (Fsp3) is 0.125. The van der Waals surface area contributed by atoms with E-state index in [0.29, 0.717) is 5.75 Å². The summed E-state index contributed by atoms with van der Waals surface area (Å²) in [5.74, 6) is -0.154. The minimum Gasteiger partial charge on any atom is -0.477 e. The zero-order valence-electron chi connectivity index (χ0n) is 6.73. The highest BCUT2D eigenvalue weighted by Gasteiger charge is 2.01. The molecule has 0 aliphatic heterocycles. The number of amides is 1. The highest BCUT2D eigenvalue weighted by Crippen LogP contribution is 2.08. The fourth-order valence-electron chi connectivity index (χ4n) is 0.727. The average molecular weight is 177 g/mol. The van der Waals surface area contributed by atoms with Gasteiger partial charge in [-0.25, -0.2) is 4.98 Å². The topological polar surface area (TPSA) is 89.0 Å². The normalized spacial score (nSPS) is 8.85. The number of ether oxygens (including phenoxy) is 1. The van der Waals surface area contributed by atoms with Gasteiger partial charge in [-0.1, -0.05) is 0 Å². The second-order valence-corrected chi connectivity index (χ2v) is 2.19. The summed E-state index contributed by atoms with van der Waals surface area (Å²) in [5, 5.41) is 8.20. The smallest absolute Gasteiger partial charge is 0.267 e. The Kier molecular flexibility index (Phi) is 2.82. The van der Waals surface area contributed by atoms with Gasteiger partial charge in [0.1, 0.15) is 17.5 Å². The zero-order chi connectivity index (χ0) is 9.68. The lowest BCUT2D eigenvalue weighted by Crippen LogP contribution is -2.12. The van der Waals surface area contributed by atoms with Crippen molar-refractivity contribution in [3.05, 3.63) is 24.0 Å². The minimum atomic E-state index is -0.591. The molecule has 5 heteroatoms. The second kappa shape index (κ2) is 4.07. The Bertz CT molecular complexity index is 339. The SMILES string of the molecule is N#CCOc1ccc(C(N)=O)nc1. The summed E-state index contributed by atoms with van der Waals surface area (Å²) in [5.41, 5.74) is 5.14. The van der Waals surface area contributed by atoms with Crippen LogP contribution >= 0.6 is 0 Å². The van der Waals surface area contributed by atoms with Gasteiger partial charge >= 0.3 is 0 Å². The third kappa shape index (κ3) is 2.45. The van der Waals surface area contributed by atoms with Crippen LogP contribution in [0.2, 0.25) is 0 Å². The Labute approximate surface area is 74.8 Å². The van der Waals surface area contributed by atoms with Crippen molar-refractivity contribution < 1.29 is 9.53 Å². The van der Waals surface area contributed by atoms with E-state index in [1.807, 2.05) is 6.07 Å². The summed E-state index contributed by atoms with van der Waals surface area (Å²) in [6, 6.07) is 4.78. The Balaban J connectivity index is 2.71. The van der Waals surface area contributed by atoms with Crippen LogP contribution in [0.15, 0.2) is 18.3 Å². The number of hydrogen-bond acceptors (Lipinski definition) is 4. The van der Waals surface area contributed by atoms with Crippen LogP contribution in [0, 0.1) is 11.3 Å². The van der Waals surface area contributed by atoms with Gasteiger partial charge in [-0.05, 0) is 12.1 Å². The van der Waals surface area contributed by atoms with Crippen LogP contribution in [0.1, 0.15) is 10.5 Å². The molecule has 0 spiro atoms. The van der Waals surface area contributed by atoms with Crippen molar-refractivity contribution in [3.63, 3.8) is 0 Å². The summed E-state index contributed by atoms with van der Waals surface area (Å²) in [6.45, 7) is -0.0440. The number of nitriles is 1. The molecule has 1 aromatic heterocycles. The van der Waals surface area contributed by atoms with Gasteiger partial charge in [0.05, 0.1) is 6.20 Å². The summed E-state index contributed by atoms with van der Waals surface area (Å²) in [6.07, 6.45) is 1.34. The van der Waals surface area contributed by atoms with Gasteiger partial charge < -0.3 is 10.5 Å². The largest absolute Gasteiger partial charge is 0.477 e. The first kappa shape index (κ1) is 9.00. The van der Waals surface area contributed by atoms with Crippen molar-refractivity contribution in [3.8, 4) is 11.8 Å². The number of hydrogen-bond donors (Lipinski definition) is 1. The molecule has 66 valence electrons. The maximum atomic E-state index is 10.6. The van der Waals surface area contributed by atoms with E-state index in [9.17, 15) is 4.79 Å². The van der Waals surface area contributed by atoms with Crippen molar-refractivity contribution in [1.82, 2.24) is 4.98 Å². The first-order valence-corrected chi connectivity index (χ1v) is 3.49. The third-order valence-corrected chi connectivity index (χ3v) is 1.29. The molecular formula is C8H7N3O2. The molecule has 5 nitrogen and oxygen atoms in total. The van der Waals surface area contributed by atoms with Crippen LogP contribution in [0.5, 0.6) is 5.75 Å². The second-order valence-electron chi connectivity index (χ2n) is 2.19. The van der Waals surface area contributed by atoms with E-state index < -0.39 is 5.91 Å². The van der Waals surface area contributed by atoms with Gasteiger partial charge in [-0.15, -0.1) is 0 Å². The van der Waals surface area contributed by atoms with E-state index in [-0.39, 0.29) is 12.3 Å². The van der Waals surface area contributed by atoms with Crippen LogP contribution in [0.3, 0.4) is 0 Å². The van der Waals surface area contributed by atoms with Crippen molar-refractivity contribution in [2.45, 2.75) is 0 Å². The van der Waals surface area contributed by atoms with E-state index in [1.54, 1.807) is 0 Å². The van der Waals surface area contributed by atoms with Crippen LogP contribution in [-0.2, 0) is 0 Å². The number of primary amides is 1. The molecule has 0 saturated carbocycles. The Morgan fingerprint density at radius 1 is 1.69 bits per heavy atom. The quantitative estimate of drug-likeness (QED) is 0.708. The Hall–Kier alpha value is -2.09. The maximum absolute atomic E-state index is 10.6. The lowest BCUT2D eigenvalue weighted by atomic mass is 10.3. The number of nitrogens with two attached hydrogens (primary N) is 1. The van der Waals surface area contributed by atoms with Gasteiger partial charge in [0.15, 0.2) is 6.61 Å². The first-order valence-electron chi connectivity index (χ1n) is 3.49. The fourth-order valence-corrected chi connectivity index (χ4v) is 0.727. The lowest BCUT2D eigenvalue weighted by molar-refractivity contribution is 0.0995. The molecule has 0 aliphatic rings. The predicted molar refractivity (Wildman–Crippen MR) is 43.9 cm³/mol. The third-order valence-electron chi connectivity index (χ3n) is 1.29. The van der Waals surface area contributed by atoms with Crippen molar-refractivity contribution in [2.24, 2.45) is 5.73 Å². The van der Waals surface area contributed by atoms with Crippen molar-refractivity contribution in [2.75, 3.05) is 6.61 Å². The van der Waals surface area contributed by atoms with E-state index in [2.05, 4.69) is 4.98 Å².